The number of methoxy groups -OCH3 is 1. The molecule has 0 fully saturated rings. The van der Waals surface area contributed by atoms with Crippen LogP contribution in [0.1, 0.15) is 23.8 Å². The van der Waals surface area contributed by atoms with Crippen LogP contribution in [-0.2, 0) is 28.7 Å². The Labute approximate surface area is 239 Å². The number of nitrogens with one attached hydrogen (secondary N) is 2. The molecule has 0 saturated carbocycles. The van der Waals surface area contributed by atoms with Gasteiger partial charge in [-0.1, -0.05) is 24.3 Å². The van der Waals surface area contributed by atoms with Crippen LogP contribution in [0, 0.1) is 5.82 Å². The van der Waals surface area contributed by atoms with Gasteiger partial charge in [-0.2, -0.15) is 0 Å². The van der Waals surface area contributed by atoms with Crippen LogP contribution in [-0.4, -0.2) is 79.6 Å². The molecule has 0 radical (unpaired) electrons. The van der Waals surface area contributed by atoms with E-state index in [1.165, 1.54) is 26.3 Å². The number of amides is 4. The first-order chi connectivity index (χ1) is 20.1. The largest absolute Gasteiger partial charge is 0.375 e. The predicted octanol–water partition coefficient (Wildman–Crippen LogP) is 1.16. The number of ketones is 1. The van der Waals surface area contributed by atoms with Crippen LogP contribution in [0.2, 0.25) is 0 Å². The summed E-state index contributed by atoms with van der Waals surface area (Å²) in [5.41, 5.74) is 0.00925. The van der Waals surface area contributed by atoms with E-state index in [9.17, 15) is 33.2 Å². The number of halogens is 1. The van der Waals surface area contributed by atoms with Crippen molar-refractivity contribution in [3.05, 3.63) is 66.2 Å². The summed E-state index contributed by atoms with van der Waals surface area (Å²) >= 11 is 0. The van der Waals surface area contributed by atoms with Crippen molar-refractivity contribution in [2.45, 2.75) is 25.4 Å². The van der Waals surface area contributed by atoms with Crippen LogP contribution < -0.4 is 20.4 Å². The van der Waals surface area contributed by atoms with Gasteiger partial charge in [-0.25, -0.2) is 4.39 Å². The van der Waals surface area contributed by atoms with E-state index in [0.717, 1.165) is 27.3 Å². The quantitative estimate of drug-likeness (QED) is 0.340. The van der Waals surface area contributed by atoms with Crippen LogP contribution in [0.15, 0.2) is 54.7 Å². The summed E-state index contributed by atoms with van der Waals surface area (Å²) in [6.45, 7) is -0.226. The number of carbonyl (C=O) groups excluding carboxylic acids is 6. The van der Waals surface area contributed by atoms with Gasteiger partial charge in [0.15, 0.2) is 0 Å². The Hall–Kier alpha value is -5.04. The first-order valence-electron chi connectivity index (χ1n) is 12.9. The fraction of sp³-hybridized carbons (Fsp3) is 0.276. The number of anilines is 2. The monoisotopic (exact) mass is 577 g/mol. The molecule has 0 spiro atoms. The number of nitrogens with zero attached hydrogens (tertiary/aromatic N) is 3. The molecule has 218 valence electrons. The number of Topliss-reactive ketones (excluding diaryl/α,β-unsaturated/α-hetero) is 1. The van der Waals surface area contributed by atoms with E-state index in [1.807, 2.05) is 0 Å². The summed E-state index contributed by atoms with van der Waals surface area (Å²) in [5, 5.41) is 6.27. The number of hydrogen-bond donors (Lipinski definition) is 2. The van der Waals surface area contributed by atoms with Crippen molar-refractivity contribution in [2.75, 3.05) is 36.6 Å². The third kappa shape index (κ3) is 6.63. The number of hydrogen-bond acceptors (Lipinski definition) is 8. The fourth-order valence-corrected chi connectivity index (χ4v) is 4.68. The lowest BCUT2D eigenvalue weighted by Crippen LogP contribution is -2.55. The molecule has 0 unspecified atom stereocenters. The second-order valence-electron chi connectivity index (χ2n) is 9.62. The molecule has 42 heavy (non-hydrogen) atoms. The Bertz CT molecular complexity index is 1560. The topological polar surface area (TPSA) is 155 Å². The van der Waals surface area contributed by atoms with Gasteiger partial charge in [0.05, 0.1) is 24.0 Å². The van der Waals surface area contributed by atoms with Crippen LogP contribution >= 0.6 is 0 Å². The maximum absolute atomic E-state index is 14.5. The lowest BCUT2D eigenvalue weighted by molar-refractivity contribution is -0.127. The molecule has 1 aliphatic heterocycles. The minimum atomic E-state index is -1.40. The van der Waals surface area contributed by atoms with Gasteiger partial charge in [-0.3, -0.25) is 33.9 Å². The van der Waals surface area contributed by atoms with Gasteiger partial charge in [0, 0.05) is 25.1 Å². The van der Waals surface area contributed by atoms with Gasteiger partial charge in [0.25, 0.3) is 17.7 Å². The van der Waals surface area contributed by atoms with Crippen LogP contribution in [0.4, 0.5) is 15.8 Å². The summed E-state index contributed by atoms with van der Waals surface area (Å²) < 4.78 is 19.4. The van der Waals surface area contributed by atoms with E-state index < -0.39 is 61.2 Å². The molecule has 4 rings (SSSR count). The molecule has 2 heterocycles. The Morgan fingerprint density at radius 3 is 2.62 bits per heavy atom. The third-order valence-corrected chi connectivity index (χ3v) is 6.53. The van der Waals surface area contributed by atoms with Crippen molar-refractivity contribution in [2.24, 2.45) is 0 Å². The average molecular weight is 578 g/mol. The number of pyridine rings is 1. The Morgan fingerprint density at radius 2 is 1.90 bits per heavy atom. The standard InChI is InChI=1S/C29H28FN5O7/c1-17(37)11-20(15-36)32-25(38)14-35-23-8-7-19(30)12-24(23)34(26(39)16-42-2)13-22(29(35)41)33-28(40)27-21-6-4-3-5-18(21)9-10-31-27/h3-10,12,15,20,22H,11,13-14,16H2,1-2H3,(H,32,38)(H,33,40)/t20-,22-/m0/s1. The maximum Gasteiger partial charge on any atom is 0.271 e. The Morgan fingerprint density at radius 1 is 1.14 bits per heavy atom. The zero-order valence-electron chi connectivity index (χ0n) is 22.8. The molecule has 3 aromatic rings. The number of aldehydes is 1. The number of rotatable bonds is 10. The molecule has 2 aromatic carbocycles. The van der Waals surface area contributed by atoms with Crippen LogP contribution in [0.5, 0.6) is 0 Å². The van der Waals surface area contributed by atoms with E-state index in [2.05, 4.69) is 15.6 Å². The van der Waals surface area contributed by atoms with Crippen molar-refractivity contribution in [3.63, 3.8) is 0 Å². The first kappa shape index (κ1) is 29.9. The molecule has 12 nitrogen and oxygen atoms in total. The molecule has 0 aliphatic carbocycles. The number of benzene rings is 2. The van der Waals surface area contributed by atoms with Crippen LogP contribution in [0.25, 0.3) is 10.8 Å². The van der Waals surface area contributed by atoms with Gasteiger partial charge >= 0.3 is 0 Å². The van der Waals surface area contributed by atoms with Crippen LogP contribution in [0.3, 0.4) is 0 Å². The minimum Gasteiger partial charge on any atom is -0.375 e. The SMILES string of the molecule is COCC(=O)N1C[C@H](NC(=O)c2nccc3ccccc23)C(=O)N(CC(=O)N[C@H](C=O)CC(C)=O)c2ccc(F)cc21. The van der Waals surface area contributed by atoms with Crippen molar-refractivity contribution < 1.29 is 37.9 Å². The zero-order chi connectivity index (χ0) is 30.4. The van der Waals surface area contributed by atoms with E-state index in [4.69, 9.17) is 4.74 Å². The number of carbonyl (C=O) groups is 6. The summed E-state index contributed by atoms with van der Waals surface area (Å²) in [7, 11) is 1.29. The lowest BCUT2D eigenvalue weighted by Gasteiger charge is -2.25. The molecule has 0 bridgehead atoms. The summed E-state index contributed by atoms with van der Waals surface area (Å²) in [6.07, 6.45) is 1.60. The van der Waals surface area contributed by atoms with Crippen molar-refractivity contribution >= 4 is 57.8 Å². The normalized spacial score (nSPS) is 15.4. The molecule has 4 amide bonds. The lowest BCUT2D eigenvalue weighted by atomic mass is 10.1. The summed E-state index contributed by atoms with van der Waals surface area (Å²) in [5.74, 6) is -3.98. The predicted molar refractivity (Wildman–Crippen MR) is 149 cm³/mol. The van der Waals surface area contributed by atoms with Crippen molar-refractivity contribution in [1.82, 2.24) is 15.6 Å². The van der Waals surface area contributed by atoms with Gasteiger partial charge in [0.1, 0.15) is 42.8 Å². The summed E-state index contributed by atoms with van der Waals surface area (Å²) in [6, 6.07) is 9.51. The highest BCUT2D eigenvalue weighted by molar-refractivity contribution is 6.12. The second-order valence-corrected chi connectivity index (χ2v) is 9.62. The van der Waals surface area contributed by atoms with Gasteiger partial charge in [0.2, 0.25) is 5.91 Å². The van der Waals surface area contributed by atoms with Crippen molar-refractivity contribution in [3.8, 4) is 0 Å². The van der Waals surface area contributed by atoms with E-state index in [-0.39, 0.29) is 29.3 Å². The molecule has 2 atom stereocenters. The van der Waals surface area contributed by atoms with Crippen molar-refractivity contribution in [1.29, 1.82) is 0 Å². The molecule has 13 heteroatoms. The smallest absolute Gasteiger partial charge is 0.271 e. The molecule has 0 saturated heterocycles. The van der Waals surface area contributed by atoms with Gasteiger partial charge < -0.3 is 25.1 Å². The zero-order valence-corrected chi connectivity index (χ0v) is 22.8. The third-order valence-electron chi connectivity index (χ3n) is 6.53. The van der Waals surface area contributed by atoms with E-state index in [1.54, 1.807) is 30.3 Å². The molecule has 1 aromatic heterocycles. The van der Waals surface area contributed by atoms with E-state index >= 15 is 0 Å². The molecular formula is C29H28FN5O7. The number of aromatic nitrogens is 1. The fourth-order valence-electron chi connectivity index (χ4n) is 4.68. The summed E-state index contributed by atoms with van der Waals surface area (Å²) in [4.78, 5) is 82.6. The molecular weight excluding hydrogens is 549 g/mol. The average Bonchev–Trinajstić information content (AvgIpc) is 3.06. The second kappa shape index (κ2) is 13.1. The van der Waals surface area contributed by atoms with E-state index in [0.29, 0.717) is 11.7 Å². The minimum absolute atomic E-state index is 0.00950. The highest BCUT2D eigenvalue weighted by Gasteiger charge is 2.38. The van der Waals surface area contributed by atoms with Gasteiger partial charge in [-0.15, -0.1) is 0 Å². The highest BCUT2D eigenvalue weighted by atomic mass is 19.1. The molecule has 2 N–H and O–H groups in total. The van der Waals surface area contributed by atoms with Gasteiger partial charge in [-0.05, 0) is 36.6 Å². The molecule has 1 aliphatic rings. The number of ether oxygens (including phenoxy) is 1. The number of fused-ring (bicyclic) bond motifs is 2. The first-order valence-corrected chi connectivity index (χ1v) is 12.9. The Kier molecular flexibility index (Phi) is 9.32. The Balaban J connectivity index is 1.73. The maximum atomic E-state index is 14.5. The highest BCUT2D eigenvalue weighted by Crippen LogP contribution is 2.34.